The van der Waals surface area contributed by atoms with Crippen molar-refractivity contribution < 1.29 is 28.3 Å². The van der Waals surface area contributed by atoms with Crippen LogP contribution in [-0.2, 0) is 9.59 Å². The van der Waals surface area contributed by atoms with Crippen molar-refractivity contribution in [2.45, 2.75) is 38.6 Å². The monoisotopic (exact) mass is 380 g/mol. The van der Waals surface area contributed by atoms with Gasteiger partial charge in [0, 0.05) is 31.6 Å². The van der Waals surface area contributed by atoms with Crippen LogP contribution in [-0.4, -0.2) is 58.4 Å². The van der Waals surface area contributed by atoms with Gasteiger partial charge < -0.3 is 14.9 Å². The summed E-state index contributed by atoms with van der Waals surface area (Å²) in [6.45, 7) is 2.73. The molecule has 2 amide bonds. The van der Waals surface area contributed by atoms with E-state index in [0.717, 1.165) is 12.1 Å². The van der Waals surface area contributed by atoms with E-state index in [1.54, 1.807) is 4.90 Å². The molecule has 8 heteroatoms. The average molecular weight is 380 g/mol. The Morgan fingerprint density at radius 2 is 1.81 bits per heavy atom. The lowest BCUT2D eigenvalue weighted by Gasteiger charge is -2.48. The van der Waals surface area contributed by atoms with Crippen molar-refractivity contribution in [3.8, 4) is 0 Å². The predicted octanol–water partition coefficient (Wildman–Crippen LogP) is 2.28. The SMILES string of the molecule is CC(C(=O)O)N1CC2(CCC1=O)CCN(C(=O)c1ccc(F)c(F)c1)CC2. The van der Waals surface area contributed by atoms with E-state index in [-0.39, 0.29) is 22.8 Å². The highest BCUT2D eigenvalue weighted by atomic mass is 19.2. The second kappa shape index (κ2) is 7.25. The van der Waals surface area contributed by atoms with E-state index >= 15 is 0 Å². The van der Waals surface area contributed by atoms with Crippen molar-refractivity contribution in [1.82, 2.24) is 9.80 Å². The van der Waals surface area contributed by atoms with Crippen LogP contribution in [0.4, 0.5) is 8.78 Å². The molecule has 6 nitrogen and oxygen atoms in total. The lowest BCUT2D eigenvalue weighted by Crippen LogP contribution is -2.55. The van der Waals surface area contributed by atoms with E-state index in [1.807, 2.05) is 0 Å². The zero-order valence-electron chi connectivity index (χ0n) is 15.1. The minimum absolute atomic E-state index is 0.102. The maximum Gasteiger partial charge on any atom is 0.326 e. The number of likely N-dealkylation sites (tertiary alicyclic amines) is 2. The molecule has 0 radical (unpaired) electrons. The first-order chi connectivity index (χ1) is 12.7. The Bertz CT molecular complexity index is 775. The van der Waals surface area contributed by atoms with E-state index in [9.17, 15) is 28.3 Å². The highest BCUT2D eigenvalue weighted by Gasteiger charge is 2.44. The van der Waals surface area contributed by atoms with Gasteiger partial charge in [-0.3, -0.25) is 9.59 Å². The Balaban J connectivity index is 1.67. The Morgan fingerprint density at radius 3 is 2.41 bits per heavy atom. The molecule has 1 atom stereocenters. The largest absolute Gasteiger partial charge is 0.480 e. The molecule has 2 aliphatic rings. The van der Waals surface area contributed by atoms with Gasteiger partial charge in [-0.2, -0.15) is 0 Å². The smallest absolute Gasteiger partial charge is 0.326 e. The molecule has 0 bridgehead atoms. The maximum absolute atomic E-state index is 13.4. The molecule has 0 saturated carbocycles. The number of amides is 2. The average Bonchev–Trinajstić information content (AvgIpc) is 2.65. The summed E-state index contributed by atoms with van der Waals surface area (Å²) in [6.07, 6.45) is 2.24. The van der Waals surface area contributed by atoms with Gasteiger partial charge in [0.2, 0.25) is 5.91 Å². The lowest BCUT2D eigenvalue weighted by molar-refractivity contribution is -0.154. The Morgan fingerprint density at radius 1 is 1.15 bits per heavy atom. The Hall–Kier alpha value is -2.51. The van der Waals surface area contributed by atoms with Crippen molar-refractivity contribution in [3.63, 3.8) is 0 Å². The third kappa shape index (κ3) is 3.79. The van der Waals surface area contributed by atoms with E-state index in [4.69, 9.17) is 0 Å². The normalized spacial score (nSPS) is 20.6. The van der Waals surface area contributed by atoms with E-state index in [2.05, 4.69) is 0 Å². The topological polar surface area (TPSA) is 77.9 Å². The number of carboxylic acid groups (broad SMARTS) is 1. The van der Waals surface area contributed by atoms with Crippen molar-refractivity contribution in [2.75, 3.05) is 19.6 Å². The molecule has 2 heterocycles. The van der Waals surface area contributed by atoms with Crippen LogP contribution in [0, 0.1) is 17.0 Å². The van der Waals surface area contributed by atoms with Crippen LogP contribution < -0.4 is 0 Å². The van der Waals surface area contributed by atoms with Crippen LogP contribution in [0.25, 0.3) is 0 Å². The number of hydrogen-bond acceptors (Lipinski definition) is 3. The fourth-order valence-corrected chi connectivity index (χ4v) is 3.93. The third-order valence-electron chi connectivity index (χ3n) is 5.80. The summed E-state index contributed by atoms with van der Waals surface area (Å²) in [7, 11) is 0. The van der Waals surface area contributed by atoms with Crippen molar-refractivity contribution >= 4 is 17.8 Å². The first-order valence-electron chi connectivity index (χ1n) is 8.99. The number of hydrogen-bond donors (Lipinski definition) is 1. The first-order valence-corrected chi connectivity index (χ1v) is 8.99. The molecule has 2 fully saturated rings. The van der Waals surface area contributed by atoms with Gasteiger partial charge in [-0.25, -0.2) is 13.6 Å². The van der Waals surface area contributed by atoms with Gasteiger partial charge in [0.1, 0.15) is 6.04 Å². The Labute approximate surface area is 155 Å². The second-order valence-electron chi connectivity index (χ2n) is 7.46. The molecule has 0 aliphatic carbocycles. The minimum Gasteiger partial charge on any atom is -0.480 e. The third-order valence-corrected chi connectivity index (χ3v) is 5.80. The number of carboxylic acids is 1. The number of carbonyl (C=O) groups excluding carboxylic acids is 2. The van der Waals surface area contributed by atoms with Gasteiger partial charge in [0.25, 0.3) is 5.91 Å². The van der Waals surface area contributed by atoms with Crippen LogP contribution >= 0.6 is 0 Å². The van der Waals surface area contributed by atoms with Crippen molar-refractivity contribution in [3.05, 3.63) is 35.4 Å². The molecule has 1 aromatic rings. The summed E-state index contributed by atoms with van der Waals surface area (Å²) in [6, 6.07) is 2.22. The van der Waals surface area contributed by atoms with E-state index in [0.29, 0.717) is 45.3 Å². The number of nitrogens with zero attached hydrogens (tertiary/aromatic N) is 2. The molecule has 1 spiro atoms. The summed E-state index contributed by atoms with van der Waals surface area (Å²) in [5, 5.41) is 9.22. The summed E-state index contributed by atoms with van der Waals surface area (Å²) in [4.78, 5) is 38.9. The molecule has 1 unspecified atom stereocenters. The number of aliphatic carboxylic acids is 1. The van der Waals surface area contributed by atoms with Gasteiger partial charge in [0.15, 0.2) is 11.6 Å². The zero-order chi connectivity index (χ0) is 19.8. The molecule has 1 aromatic carbocycles. The number of rotatable bonds is 3. The molecule has 1 N–H and O–H groups in total. The number of piperidine rings is 2. The standard InChI is InChI=1S/C19H22F2N2O4/c1-12(18(26)27)23-11-19(5-4-16(23)24)6-8-22(9-7-19)17(25)13-2-3-14(20)15(21)10-13/h2-3,10,12H,4-9,11H2,1H3,(H,26,27). The fourth-order valence-electron chi connectivity index (χ4n) is 3.93. The van der Waals surface area contributed by atoms with Gasteiger partial charge in [-0.15, -0.1) is 0 Å². The molecule has 27 heavy (non-hydrogen) atoms. The number of halogens is 2. The number of benzene rings is 1. The molecule has 146 valence electrons. The molecule has 0 aromatic heterocycles. The lowest BCUT2D eigenvalue weighted by atomic mass is 9.72. The maximum atomic E-state index is 13.4. The highest BCUT2D eigenvalue weighted by molar-refractivity contribution is 5.94. The molecule has 2 aliphatic heterocycles. The van der Waals surface area contributed by atoms with Crippen LogP contribution in [0.15, 0.2) is 18.2 Å². The molecular formula is C19H22F2N2O4. The van der Waals surface area contributed by atoms with Crippen LogP contribution in [0.5, 0.6) is 0 Å². The van der Waals surface area contributed by atoms with Crippen molar-refractivity contribution in [2.24, 2.45) is 5.41 Å². The minimum atomic E-state index is -1.06. The summed E-state index contributed by atoms with van der Waals surface area (Å²) >= 11 is 0. The predicted molar refractivity (Wildman–Crippen MR) is 92.0 cm³/mol. The summed E-state index contributed by atoms with van der Waals surface area (Å²) < 4.78 is 26.4. The van der Waals surface area contributed by atoms with Crippen LogP contribution in [0.1, 0.15) is 43.0 Å². The first kappa shape index (κ1) is 19.3. The van der Waals surface area contributed by atoms with Gasteiger partial charge in [0.05, 0.1) is 0 Å². The van der Waals surface area contributed by atoms with Gasteiger partial charge in [-0.05, 0) is 49.8 Å². The zero-order valence-corrected chi connectivity index (χ0v) is 15.1. The highest BCUT2D eigenvalue weighted by Crippen LogP contribution is 2.41. The quantitative estimate of drug-likeness (QED) is 0.873. The van der Waals surface area contributed by atoms with Gasteiger partial charge >= 0.3 is 5.97 Å². The van der Waals surface area contributed by atoms with Crippen LogP contribution in [0.2, 0.25) is 0 Å². The molecule has 2 saturated heterocycles. The van der Waals surface area contributed by atoms with E-state index < -0.39 is 23.6 Å². The second-order valence-corrected chi connectivity index (χ2v) is 7.46. The fraction of sp³-hybridized carbons (Fsp3) is 0.526. The van der Waals surface area contributed by atoms with Gasteiger partial charge in [-0.1, -0.05) is 0 Å². The Kier molecular flexibility index (Phi) is 5.17. The van der Waals surface area contributed by atoms with Crippen LogP contribution in [0.3, 0.4) is 0 Å². The van der Waals surface area contributed by atoms with E-state index in [1.165, 1.54) is 17.9 Å². The molecular weight excluding hydrogens is 358 g/mol. The summed E-state index contributed by atoms with van der Waals surface area (Å²) in [5.41, 5.74) is -0.104. The summed E-state index contributed by atoms with van der Waals surface area (Å²) in [5.74, 6) is -3.60. The molecule has 3 rings (SSSR count). The van der Waals surface area contributed by atoms with Crippen molar-refractivity contribution in [1.29, 1.82) is 0 Å². The number of carbonyl (C=O) groups is 3.